The summed E-state index contributed by atoms with van der Waals surface area (Å²) in [5.74, 6) is 1.83. The van der Waals surface area contributed by atoms with E-state index in [0.29, 0.717) is 0 Å². The van der Waals surface area contributed by atoms with Crippen LogP contribution in [0.2, 0.25) is 0 Å². The lowest BCUT2D eigenvalue weighted by Crippen LogP contribution is -2.57. The van der Waals surface area contributed by atoms with Crippen LogP contribution in [0.1, 0.15) is 0 Å². The summed E-state index contributed by atoms with van der Waals surface area (Å²) >= 11 is 0. The molecule has 15 rings (SSSR count). The highest BCUT2D eigenvalue weighted by atomic mass is 15.2. The third kappa shape index (κ3) is 3.58. The highest BCUT2D eigenvalue weighted by Crippen LogP contribution is 2.55. The maximum absolute atomic E-state index is 4.95. The molecular weight excluding hydrogens is 730 g/mol. The number of rotatable bonds is 2. The van der Waals surface area contributed by atoms with Gasteiger partial charge in [0.2, 0.25) is 0 Å². The van der Waals surface area contributed by atoms with E-state index in [9.17, 15) is 0 Å². The lowest BCUT2D eigenvalue weighted by atomic mass is 9.44. The zero-order valence-corrected chi connectivity index (χ0v) is 32.2. The summed E-state index contributed by atoms with van der Waals surface area (Å²) in [4.78, 5) is 14.6. The molecule has 0 saturated carbocycles. The molecule has 0 saturated heterocycles. The molecule has 0 fully saturated rings. The molecule has 4 aromatic heterocycles. The molecule has 7 aromatic carbocycles. The quantitative estimate of drug-likeness (QED) is 0.165. The first-order chi connectivity index (χ1) is 29.9. The van der Waals surface area contributed by atoms with Gasteiger partial charge in [-0.15, -0.1) is 0 Å². The largest absolute Gasteiger partial charge is 0.375 e. The first-order valence-corrected chi connectivity index (χ1v) is 20.7. The van der Waals surface area contributed by atoms with Crippen LogP contribution in [-0.4, -0.2) is 32.6 Å². The summed E-state index contributed by atoms with van der Waals surface area (Å²) in [5, 5.41) is 5.17. The van der Waals surface area contributed by atoms with Gasteiger partial charge in [-0.3, -0.25) is 9.80 Å². The number of para-hydroxylation sites is 4. The van der Waals surface area contributed by atoms with Crippen molar-refractivity contribution in [2.24, 2.45) is 0 Å². The minimum absolute atomic E-state index is 0.0483. The molecule has 0 radical (unpaired) electrons. The van der Waals surface area contributed by atoms with E-state index >= 15 is 0 Å². The molecule has 11 aromatic rings. The van der Waals surface area contributed by atoms with Gasteiger partial charge < -0.3 is 8.96 Å². The van der Waals surface area contributed by atoms with Crippen LogP contribution in [-0.2, 0) is 0 Å². The minimum atomic E-state index is -0.0483. The van der Waals surface area contributed by atoms with Crippen LogP contribution in [0.5, 0.6) is 0 Å². The van der Waals surface area contributed by atoms with E-state index in [1.165, 1.54) is 99.1 Å². The number of fused-ring (bicyclic) bond motifs is 16. The molecule has 4 aliphatic rings. The lowest BCUT2D eigenvalue weighted by molar-refractivity contribution is 1.17. The third-order valence-electron chi connectivity index (χ3n) is 13.7. The lowest BCUT2D eigenvalue weighted by Gasteiger charge is -2.41. The Morgan fingerprint density at radius 3 is 1.25 bits per heavy atom. The minimum Gasteiger partial charge on any atom is -0.375 e. The van der Waals surface area contributed by atoms with Gasteiger partial charge in [0, 0.05) is 89.9 Å². The molecule has 4 aliphatic heterocycles. The Balaban J connectivity index is 1.18. The van der Waals surface area contributed by atoms with Crippen molar-refractivity contribution in [2.45, 2.75) is 0 Å². The van der Waals surface area contributed by atoms with E-state index in [-0.39, 0.29) is 13.7 Å². The fraction of sp³-hybridized carbons (Fsp3) is 0. The second kappa shape index (κ2) is 11.0. The molecule has 6 nitrogen and oxygen atoms in total. The maximum Gasteiger partial charge on any atom is 0.333 e. The SMILES string of the molecule is c1ccc(N2c3ccccc3B3c4c(cccc42)-c2c4c5ccccc5n5c4c(c4c6ccccc6n3c24)-c2cccc3c2B5c2ccccc2N3c2ccccn2)nc1. The van der Waals surface area contributed by atoms with Crippen LogP contribution in [0, 0.1) is 0 Å². The molecule has 0 atom stereocenters. The molecule has 0 unspecified atom stereocenters. The van der Waals surface area contributed by atoms with Crippen molar-refractivity contribution < 1.29 is 0 Å². The average molecular weight is 760 g/mol. The number of nitrogens with zero attached hydrogens (tertiary/aromatic N) is 6. The molecule has 60 heavy (non-hydrogen) atoms. The van der Waals surface area contributed by atoms with Gasteiger partial charge in [0.15, 0.2) is 0 Å². The fourth-order valence-electron chi connectivity index (χ4n) is 11.7. The first-order valence-electron chi connectivity index (χ1n) is 20.7. The van der Waals surface area contributed by atoms with Crippen molar-refractivity contribution in [1.29, 1.82) is 0 Å². The smallest absolute Gasteiger partial charge is 0.333 e. The van der Waals surface area contributed by atoms with Gasteiger partial charge in [0.25, 0.3) is 0 Å². The summed E-state index contributed by atoms with van der Waals surface area (Å²) in [7, 11) is 0. The van der Waals surface area contributed by atoms with Crippen molar-refractivity contribution in [3.05, 3.63) is 182 Å². The first kappa shape index (κ1) is 31.2. The Morgan fingerprint density at radius 2 is 0.783 bits per heavy atom. The number of hydrogen-bond acceptors (Lipinski definition) is 4. The highest BCUT2D eigenvalue weighted by Gasteiger charge is 2.48. The summed E-state index contributed by atoms with van der Waals surface area (Å²) in [5.41, 5.74) is 20.1. The number of anilines is 6. The van der Waals surface area contributed by atoms with Crippen molar-refractivity contribution in [2.75, 3.05) is 9.80 Å². The van der Waals surface area contributed by atoms with E-state index < -0.39 is 0 Å². The predicted molar refractivity (Wildman–Crippen MR) is 249 cm³/mol. The van der Waals surface area contributed by atoms with Crippen LogP contribution in [0.25, 0.3) is 65.9 Å². The van der Waals surface area contributed by atoms with Crippen molar-refractivity contribution in [1.82, 2.24) is 18.9 Å². The van der Waals surface area contributed by atoms with Gasteiger partial charge in [-0.1, -0.05) is 109 Å². The molecule has 274 valence electrons. The van der Waals surface area contributed by atoms with Crippen LogP contribution < -0.4 is 31.7 Å². The van der Waals surface area contributed by atoms with E-state index in [1.54, 1.807) is 0 Å². The van der Waals surface area contributed by atoms with Crippen molar-refractivity contribution >= 4 is 114 Å². The second-order valence-electron chi connectivity index (χ2n) is 16.4. The molecule has 8 heterocycles. The standard InChI is InChI=1S/C52H30B2N6/c1-5-21-37-31(15-1)45-47-33-17-13-25-41-49(33)54(36-20-4-8-24-40(36)58(41)44-28-10-12-30-56-44)60-38-22-6-2-16-32(38)46(52(47)60)48-34-18-14-26-42-50(34)53(59(37)51(45)48)35-19-3-7-23-39(35)57(42)43-27-9-11-29-55-43/h1-30H. The number of benzene rings is 7. The Bertz CT molecular complexity index is 3460. The average Bonchev–Trinajstić information content (AvgIpc) is 3.84. The molecule has 0 bridgehead atoms. The fourth-order valence-corrected chi connectivity index (χ4v) is 11.7. The zero-order valence-electron chi connectivity index (χ0n) is 32.2. The third-order valence-corrected chi connectivity index (χ3v) is 13.7. The highest BCUT2D eigenvalue weighted by molar-refractivity contribution is 6.91. The maximum atomic E-state index is 4.95. The van der Waals surface area contributed by atoms with Crippen LogP contribution >= 0.6 is 0 Å². The molecule has 0 spiro atoms. The normalized spacial score (nSPS) is 13.9. The molecule has 0 N–H and O–H groups in total. The Morgan fingerprint density at radius 1 is 0.367 bits per heavy atom. The molecule has 0 amide bonds. The molecular formula is C52H30B2N6. The van der Waals surface area contributed by atoms with Gasteiger partial charge in [0.1, 0.15) is 11.6 Å². The monoisotopic (exact) mass is 760 g/mol. The zero-order chi connectivity index (χ0) is 38.8. The Hall–Kier alpha value is -7.83. The summed E-state index contributed by atoms with van der Waals surface area (Å²) < 4.78 is 5.39. The van der Waals surface area contributed by atoms with Crippen LogP contribution in [0.15, 0.2) is 182 Å². The van der Waals surface area contributed by atoms with E-state index in [0.717, 1.165) is 23.0 Å². The van der Waals surface area contributed by atoms with Crippen LogP contribution in [0.4, 0.5) is 34.4 Å². The summed E-state index contributed by atoms with van der Waals surface area (Å²) in [6, 6.07) is 62.5. The van der Waals surface area contributed by atoms with Gasteiger partial charge >= 0.3 is 13.7 Å². The van der Waals surface area contributed by atoms with E-state index in [4.69, 9.17) is 9.97 Å². The van der Waals surface area contributed by atoms with Gasteiger partial charge in [-0.25, -0.2) is 9.97 Å². The van der Waals surface area contributed by atoms with Gasteiger partial charge in [-0.2, -0.15) is 0 Å². The van der Waals surface area contributed by atoms with Crippen molar-refractivity contribution in [3.63, 3.8) is 0 Å². The topological polar surface area (TPSA) is 42.1 Å². The Kier molecular flexibility index (Phi) is 5.72. The molecule has 8 heteroatoms. The second-order valence-corrected chi connectivity index (χ2v) is 16.4. The summed E-state index contributed by atoms with van der Waals surface area (Å²) in [6.45, 7) is -0.0966. The number of aromatic nitrogens is 4. The Labute approximate surface area is 345 Å². The van der Waals surface area contributed by atoms with Gasteiger partial charge in [-0.05, 0) is 93.6 Å². The molecule has 0 aliphatic carbocycles. The van der Waals surface area contributed by atoms with E-state index in [1.807, 2.05) is 24.5 Å². The number of pyridine rings is 2. The van der Waals surface area contributed by atoms with Crippen LogP contribution in [0.3, 0.4) is 0 Å². The predicted octanol–water partition coefficient (Wildman–Crippen LogP) is 9.53. The van der Waals surface area contributed by atoms with Crippen molar-refractivity contribution in [3.8, 4) is 22.3 Å². The summed E-state index contributed by atoms with van der Waals surface area (Å²) in [6.07, 6.45) is 3.80. The van der Waals surface area contributed by atoms with E-state index in [2.05, 4.69) is 176 Å². The number of hydrogen-bond donors (Lipinski definition) is 0. The van der Waals surface area contributed by atoms with Gasteiger partial charge in [0.05, 0.1) is 0 Å².